The van der Waals surface area contributed by atoms with Gasteiger partial charge in [0.25, 0.3) is 0 Å². The van der Waals surface area contributed by atoms with Crippen LogP contribution in [0.3, 0.4) is 0 Å². The maximum atomic E-state index is 12.4. The van der Waals surface area contributed by atoms with Crippen molar-refractivity contribution in [1.82, 2.24) is 0 Å². The minimum atomic E-state index is -0.369. The molecule has 3 rings (SSSR count). The molecule has 1 aliphatic rings. The van der Waals surface area contributed by atoms with Crippen molar-refractivity contribution in [3.63, 3.8) is 0 Å². The van der Waals surface area contributed by atoms with E-state index in [4.69, 9.17) is 9.47 Å². The summed E-state index contributed by atoms with van der Waals surface area (Å²) >= 11 is 0. The van der Waals surface area contributed by atoms with E-state index in [2.05, 4.69) is 5.32 Å². The summed E-state index contributed by atoms with van der Waals surface area (Å²) < 4.78 is 11.1. The number of fused-ring (bicyclic) bond motifs is 1. The number of rotatable bonds is 3. The number of carbonyl (C=O) groups excluding carboxylic acids is 1. The molecule has 4 nitrogen and oxygen atoms in total. The molecule has 1 atom stereocenters. The SMILES string of the molecule is CC(OC(=O)c1cccc2c1OCCN2)c1ccccc1. The van der Waals surface area contributed by atoms with Crippen LogP contribution >= 0.6 is 0 Å². The van der Waals surface area contributed by atoms with E-state index in [1.807, 2.05) is 49.4 Å². The molecule has 1 unspecified atom stereocenters. The maximum Gasteiger partial charge on any atom is 0.342 e. The minimum Gasteiger partial charge on any atom is -0.489 e. The summed E-state index contributed by atoms with van der Waals surface area (Å²) in [7, 11) is 0. The van der Waals surface area contributed by atoms with E-state index in [-0.39, 0.29) is 12.1 Å². The van der Waals surface area contributed by atoms with E-state index in [9.17, 15) is 4.79 Å². The van der Waals surface area contributed by atoms with Crippen LogP contribution in [0, 0.1) is 0 Å². The number of para-hydroxylation sites is 1. The molecule has 1 N–H and O–H groups in total. The Kier molecular flexibility index (Phi) is 3.77. The molecule has 108 valence electrons. The number of esters is 1. The van der Waals surface area contributed by atoms with Crippen LogP contribution in [-0.4, -0.2) is 19.1 Å². The molecule has 0 amide bonds. The molecular weight excluding hydrogens is 266 g/mol. The van der Waals surface area contributed by atoms with Gasteiger partial charge >= 0.3 is 5.97 Å². The Hall–Kier alpha value is -2.49. The average Bonchev–Trinajstić information content (AvgIpc) is 2.55. The number of benzene rings is 2. The molecule has 1 heterocycles. The Bertz CT molecular complexity index is 640. The van der Waals surface area contributed by atoms with Crippen molar-refractivity contribution in [3.05, 3.63) is 59.7 Å². The highest BCUT2D eigenvalue weighted by atomic mass is 16.5. The minimum absolute atomic E-state index is 0.300. The van der Waals surface area contributed by atoms with Crippen LogP contribution in [0.1, 0.15) is 28.9 Å². The molecule has 0 aromatic heterocycles. The van der Waals surface area contributed by atoms with Gasteiger partial charge in [-0.05, 0) is 24.6 Å². The third-order valence-corrected chi connectivity index (χ3v) is 3.45. The van der Waals surface area contributed by atoms with Crippen LogP contribution < -0.4 is 10.1 Å². The first-order valence-electron chi connectivity index (χ1n) is 7.01. The van der Waals surface area contributed by atoms with Gasteiger partial charge in [-0.15, -0.1) is 0 Å². The van der Waals surface area contributed by atoms with Crippen LogP contribution in [0.2, 0.25) is 0 Å². The Balaban J connectivity index is 1.80. The standard InChI is InChI=1S/C17H17NO3/c1-12(13-6-3-2-4-7-13)21-17(19)14-8-5-9-15-16(14)20-11-10-18-15/h2-9,12,18H,10-11H2,1H3. The fourth-order valence-electron chi connectivity index (χ4n) is 2.35. The van der Waals surface area contributed by atoms with Crippen LogP contribution in [-0.2, 0) is 4.74 Å². The third kappa shape index (κ3) is 2.84. The average molecular weight is 283 g/mol. The van der Waals surface area contributed by atoms with Gasteiger partial charge in [0, 0.05) is 6.54 Å². The molecule has 0 spiro atoms. The zero-order chi connectivity index (χ0) is 14.7. The van der Waals surface area contributed by atoms with Gasteiger partial charge in [-0.3, -0.25) is 0 Å². The van der Waals surface area contributed by atoms with E-state index < -0.39 is 0 Å². The predicted molar refractivity (Wildman–Crippen MR) is 80.7 cm³/mol. The molecule has 1 aliphatic heterocycles. The highest BCUT2D eigenvalue weighted by molar-refractivity contribution is 5.95. The van der Waals surface area contributed by atoms with Crippen molar-refractivity contribution in [2.75, 3.05) is 18.5 Å². The van der Waals surface area contributed by atoms with Crippen LogP contribution in [0.15, 0.2) is 48.5 Å². The zero-order valence-electron chi connectivity index (χ0n) is 11.8. The Morgan fingerprint density at radius 3 is 2.81 bits per heavy atom. The lowest BCUT2D eigenvalue weighted by molar-refractivity contribution is 0.0333. The topological polar surface area (TPSA) is 47.6 Å². The van der Waals surface area contributed by atoms with Crippen molar-refractivity contribution in [2.24, 2.45) is 0 Å². The van der Waals surface area contributed by atoms with Gasteiger partial charge < -0.3 is 14.8 Å². The number of hydrogen-bond donors (Lipinski definition) is 1. The zero-order valence-corrected chi connectivity index (χ0v) is 11.8. The number of carbonyl (C=O) groups is 1. The number of anilines is 1. The smallest absolute Gasteiger partial charge is 0.342 e. The van der Waals surface area contributed by atoms with Crippen molar-refractivity contribution in [3.8, 4) is 5.75 Å². The molecule has 2 aromatic rings. The van der Waals surface area contributed by atoms with Gasteiger partial charge in [-0.25, -0.2) is 4.79 Å². The first-order valence-corrected chi connectivity index (χ1v) is 7.01. The van der Waals surface area contributed by atoms with Gasteiger partial charge in [0.1, 0.15) is 18.3 Å². The molecule has 0 bridgehead atoms. The van der Waals surface area contributed by atoms with Gasteiger partial charge in [0.2, 0.25) is 0 Å². The molecule has 0 saturated carbocycles. The lowest BCUT2D eigenvalue weighted by Gasteiger charge is -2.22. The highest BCUT2D eigenvalue weighted by Crippen LogP contribution is 2.32. The monoisotopic (exact) mass is 283 g/mol. The molecule has 4 heteroatoms. The van der Waals surface area contributed by atoms with Gasteiger partial charge in [0.15, 0.2) is 5.75 Å². The summed E-state index contributed by atoms with van der Waals surface area (Å²) in [5.74, 6) is 0.209. The molecule has 2 aromatic carbocycles. The first-order chi connectivity index (χ1) is 10.3. The summed E-state index contributed by atoms with van der Waals surface area (Å²) in [4.78, 5) is 12.4. The van der Waals surface area contributed by atoms with Crippen molar-refractivity contribution in [2.45, 2.75) is 13.0 Å². The Labute approximate surface area is 123 Å². The molecule has 0 aliphatic carbocycles. The van der Waals surface area contributed by atoms with E-state index in [1.54, 1.807) is 6.07 Å². The lowest BCUT2D eigenvalue weighted by atomic mass is 10.1. The number of ether oxygens (including phenoxy) is 2. The summed E-state index contributed by atoms with van der Waals surface area (Å²) in [6.07, 6.45) is -0.300. The number of hydrogen-bond acceptors (Lipinski definition) is 4. The fraction of sp³-hybridized carbons (Fsp3) is 0.235. The predicted octanol–water partition coefficient (Wildman–Crippen LogP) is 3.41. The van der Waals surface area contributed by atoms with Crippen LogP contribution in [0.4, 0.5) is 5.69 Å². The van der Waals surface area contributed by atoms with Crippen molar-refractivity contribution >= 4 is 11.7 Å². The Morgan fingerprint density at radius 2 is 2.00 bits per heavy atom. The molecular formula is C17H17NO3. The van der Waals surface area contributed by atoms with Gasteiger partial charge in [-0.1, -0.05) is 36.4 Å². The largest absolute Gasteiger partial charge is 0.489 e. The second-order valence-corrected chi connectivity index (χ2v) is 4.92. The van der Waals surface area contributed by atoms with E-state index >= 15 is 0 Å². The van der Waals surface area contributed by atoms with Crippen LogP contribution in [0.25, 0.3) is 0 Å². The summed E-state index contributed by atoms with van der Waals surface area (Å²) in [5.41, 5.74) is 2.26. The van der Waals surface area contributed by atoms with E-state index in [0.29, 0.717) is 17.9 Å². The van der Waals surface area contributed by atoms with E-state index in [1.165, 1.54) is 0 Å². The Morgan fingerprint density at radius 1 is 1.19 bits per heavy atom. The molecule has 21 heavy (non-hydrogen) atoms. The molecule has 0 saturated heterocycles. The van der Waals surface area contributed by atoms with Crippen LogP contribution in [0.5, 0.6) is 5.75 Å². The quantitative estimate of drug-likeness (QED) is 0.877. The third-order valence-electron chi connectivity index (χ3n) is 3.45. The normalized spacial score (nSPS) is 14.3. The fourth-order valence-corrected chi connectivity index (χ4v) is 2.35. The highest BCUT2D eigenvalue weighted by Gasteiger charge is 2.21. The molecule has 0 radical (unpaired) electrons. The van der Waals surface area contributed by atoms with E-state index in [0.717, 1.165) is 17.8 Å². The van der Waals surface area contributed by atoms with Gasteiger partial charge in [0.05, 0.1) is 5.69 Å². The lowest BCUT2D eigenvalue weighted by Crippen LogP contribution is -2.20. The summed E-state index contributed by atoms with van der Waals surface area (Å²) in [6.45, 7) is 3.15. The summed E-state index contributed by atoms with van der Waals surface area (Å²) in [5, 5.41) is 3.21. The number of nitrogens with one attached hydrogen (secondary N) is 1. The molecule has 0 fully saturated rings. The second kappa shape index (κ2) is 5.87. The second-order valence-electron chi connectivity index (χ2n) is 4.92. The van der Waals surface area contributed by atoms with Crippen molar-refractivity contribution in [1.29, 1.82) is 0 Å². The first kappa shape index (κ1) is 13.5. The summed E-state index contributed by atoms with van der Waals surface area (Å²) in [6, 6.07) is 15.1. The maximum absolute atomic E-state index is 12.4. The van der Waals surface area contributed by atoms with Crippen molar-refractivity contribution < 1.29 is 14.3 Å². The van der Waals surface area contributed by atoms with Gasteiger partial charge in [-0.2, -0.15) is 0 Å².